The van der Waals surface area contributed by atoms with Gasteiger partial charge in [0.05, 0.1) is 23.9 Å². The number of aromatic nitrogens is 2. The maximum atomic E-state index is 12.8. The molecule has 31 heavy (non-hydrogen) atoms. The van der Waals surface area contributed by atoms with Gasteiger partial charge in [0.15, 0.2) is 16.5 Å². The van der Waals surface area contributed by atoms with E-state index < -0.39 is 6.61 Å². The monoisotopic (exact) mass is 444 g/mol. The Morgan fingerprint density at radius 3 is 2.97 bits per heavy atom. The summed E-state index contributed by atoms with van der Waals surface area (Å²) in [6, 6.07) is 6.53. The van der Waals surface area contributed by atoms with Crippen molar-refractivity contribution in [3.8, 4) is 17.6 Å². The molecule has 7 nitrogen and oxygen atoms in total. The number of hydrogen-bond donors (Lipinski definition) is 1. The fourth-order valence-electron chi connectivity index (χ4n) is 2.77. The van der Waals surface area contributed by atoms with Crippen LogP contribution >= 0.6 is 11.3 Å². The van der Waals surface area contributed by atoms with Crippen molar-refractivity contribution in [1.29, 1.82) is 5.26 Å². The van der Waals surface area contributed by atoms with Gasteiger partial charge in [0.1, 0.15) is 5.69 Å². The summed E-state index contributed by atoms with van der Waals surface area (Å²) in [5.41, 5.74) is 1.11. The lowest BCUT2D eigenvalue weighted by Crippen LogP contribution is -2.26. The molecule has 2 aromatic heterocycles. The first-order valence-corrected chi connectivity index (χ1v) is 9.98. The van der Waals surface area contributed by atoms with Crippen LogP contribution in [0, 0.1) is 11.3 Å². The minimum atomic E-state index is -3.02. The highest BCUT2D eigenvalue weighted by Gasteiger charge is 2.19. The Morgan fingerprint density at radius 1 is 1.45 bits per heavy atom. The molecule has 160 valence electrons. The summed E-state index contributed by atoms with van der Waals surface area (Å²) in [6.45, 7) is 2.42. The van der Waals surface area contributed by atoms with Crippen LogP contribution in [0.15, 0.2) is 42.1 Å². The largest absolute Gasteiger partial charge is 0.458 e. The Balaban J connectivity index is 1.99. The van der Waals surface area contributed by atoms with Crippen molar-refractivity contribution in [1.82, 2.24) is 14.7 Å². The maximum absolute atomic E-state index is 12.8. The van der Waals surface area contributed by atoms with Gasteiger partial charge in [0, 0.05) is 23.7 Å². The molecule has 0 bridgehead atoms. The van der Waals surface area contributed by atoms with Gasteiger partial charge in [-0.05, 0) is 25.1 Å². The van der Waals surface area contributed by atoms with Gasteiger partial charge >= 0.3 is 6.61 Å². The molecule has 2 heterocycles. The number of nitriles is 1. The summed E-state index contributed by atoms with van der Waals surface area (Å²) >= 11 is 1.36. The predicted octanol–water partition coefficient (Wildman–Crippen LogP) is 4.72. The molecular weight excluding hydrogens is 426 g/mol. The number of para-hydroxylation sites is 1. The van der Waals surface area contributed by atoms with Crippen molar-refractivity contribution in [2.45, 2.75) is 20.0 Å². The van der Waals surface area contributed by atoms with E-state index in [2.05, 4.69) is 21.6 Å². The average molecular weight is 444 g/mol. The maximum Gasteiger partial charge on any atom is 0.387 e. The fraction of sp³-hybridized carbons (Fsp3) is 0.190. The minimum absolute atomic E-state index is 0.0765. The van der Waals surface area contributed by atoms with Gasteiger partial charge in [0.25, 0.3) is 5.91 Å². The zero-order chi connectivity index (χ0) is 22.4. The Kier molecular flexibility index (Phi) is 6.99. The molecule has 0 aliphatic rings. The SMILES string of the molecule is C=C(C)Oc1c(/C=C/c2nc3sccn3c2C(=O)NCCC#N)cccc1OC(F)F. The topological polar surface area (TPSA) is 88.7 Å². The number of ether oxygens (including phenoxy) is 2. The second-order valence-corrected chi connectivity index (χ2v) is 7.13. The van der Waals surface area contributed by atoms with E-state index in [-0.39, 0.29) is 30.4 Å². The van der Waals surface area contributed by atoms with E-state index in [1.54, 1.807) is 47.2 Å². The number of nitrogens with zero attached hydrogens (tertiary/aromatic N) is 3. The van der Waals surface area contributed by atoms with Crippen LogP contribution in [0.5, 0.6) is 11.5 Å². The van der Waals surface area contributed by atoms with E-state index in [0.29, 0.717) is 27.7 Å². The zero-order valence-corrected chi connectivity index (χ0v) is 17.3. The quantitative estimate of drug-likeness (QED) is 0.381. The van der Waals surface area contributed by atoms with Crippen LogP contribution in [0.3, 0.4) is 0 Å². The van der Waals surface area contributed by atoms with E-state index in [0.717, 1.165) is 0 Å². The number of fused-ring (bicyclic) bond motifs is 1. The van der Waals surface area contributed by atoms with Gasteiger partial charge in [0.2, 0.25) is 0 Å². The first-order chi connectivity index (χ1) is 14.9. The first kappa shape index (κ1) is 22.0. The summed E-state index contributed by atoms with van der Waals surface area (Å²) in [6.07, 6.45) is 5.08. The average Bonchev–Trinajstić information content (AvgIpc) is 3.28. The summed E-state index contributed by atoms with van der Waals surface area (Å²) < 4.78 is 37.3. The molecule has 1 amide bonds. The molecule has 0 unspecified atom stereocenters. The molecule has 0 aliphatic carbocycles. The third kappa shape index (κ3) is 5.26. The van der Waals surface area contributed by atoms with Crippen LogP contribution in [-0.2, 0) is 0 Å². The highest BCUT2D eigenvalue weighted by molar-refractivity contribution is 7.15. The Bertz CT molecular complexity index is 1180. The molecule has 0 atom stereocenters. The number of nitrogens with one attached hydrogen (secondary N) is 1. The van der Waals surface area contributed by atoms with Crippen LogP contribution in [-0.4, -0.2) is 28.4 Å². The second kappa shape index (κ2) is 9.86. The number of alkyl halides is 2. The molecule has 3 rings (SSSR count). The number of amides is 1. The third-order valence-electron chi connectivity index (χ3n) is 3.95. The van der Waals surface area contributed by atoms with Crippen molar-refractivity contribution in [2.24, 2.45) is 0 Å². The predicted molar refractivity (Wildman–Crippen MR) is 113 cm³/mol. The molecule has 0 fully saturated rings. The fourth-order valence-corrected chi connectivity index (χ4v) is 3.49. The summed E-state index contributed by atoms with van der Waals surface area (Å²) in [5.74, 6) is -0.151. The molecule has 0 spiro atoms. The number of thiazole rings is 1. The summed E-state index contributed by atoms with van der Waals surface area (Å²) in [7, 11) is 0. The Hall–Kier alpha value is -3.71. The van der Waals surface area contributed by atoms with Crippen molar-refractivity contribution < 1.29 is 23.0 Å². The van der Waals surface area contributed by atoms with Gasteiger partial charge in [-0.25, -0.2) is 4.98 Å². The van der Waals surface area contributed by atoms with Crippen molar-refractivity contribution in [3.63, 3.8) is 0 Å². The molecule has 10 heteroatoms. The van der Waals surface area contributed by atoms with E-state index >= 15 is 0 Å². The number of carbonyl (C=O) groups excluding carboxylic acids is 1. The number of rotatable bonds is 9. The van der Waals surface area contributed by atoms with Gasteiger partial charge in [-0.15, -0.1) is 11.3 Å². The van der Waals surface area contributed by atoms with Crippen LogP contribution < -0.4 is 14.8 Å². The van der Waals surface area contributed by atoms with Gasteiger partial charge in [-0.3, -0.25) is 9.20 Å². The number of halogens is 2. The minimum Gasteiger partial charge on any atom is -0.458 e. The highest BCUT2D eigenvalue weighted by Crippen LogP contribution is 2.35. The summed E-state index contributed by atoms with van der Waals surface area (Å²) in [5, 5.41) is 13.2. The van der Waals surface area contributed by atoms with Gasteiger partial charge in [-0.1, -0.05) is 18.7 Å². The summed E-state index contributed by atoms with van der Waals surface area (Å²) in [4.78, 5) is 17.7. The van der Waals surface area contributed by atoms with E-state index in [1.807, 2.05) is 6.07 Å². The number of allylic oxidation sites excluding steroid dienone is 1. The number of imidazole rings is 1. The molecule has 0 radical (unpaired) electrons. The van der Waals surface area contributed by atoms with Crippen LogP contribution in [0.4, 0.5) is 8.78 Å². The van der Waals surface area contributed by atoms with Crippen LogP contribution in [0.25, 0.3) is 17.1 Å². The smallest absolute Gasteiger partial charge is 0.387 e. The molecule has 1 N–H and O–H groups in total. The van der Waals surface area contributed by atoms with E-state index in [4.69, 9.17) is 10.00 Å². The van der Waals surface area contributed by atoms with Crippen molar-refractivity contribution in [2.75, 3.05) is 6.54 Å². The second-order valence-electron chi connectivity index (χ2n) is 6.26. The standard InChI is InChI=1S/C21H18F2N4O3S/c1-13(2)29-18-14(5-3-6-16(18)30-20(22)23)7-8-15-17(19(28)25-10-4-9-24)27-11-12-31-21(27)26-15/h3,5-8,11-12,20H,1,4,10H2,2H3,(H,25,28)/b8-7+. The lowest BCUT2D eigenvalue weighted by molar-refractivity contribution is -0.0511. The lowest BCUT2D eigenvalue weighted by Gasteiger charge is -2.14. The van der Waals surface area contributed by atoms with Crippen molar-refractivity contribution in [3.05, 3.63) is 59.1 Å². The van der Waals surface area contributed by atoms with Crippen molar-refractivity contribution >= 4 is 34.4 Å². The Morgan fingerprint density at radius 2 is 2.26 bits per heavy atom. The first-order valence-electron chi connectivity index (χ1n) is 9.10. The number of benzene rings is 1. The van der Waals surface area contributed by atoms with Gasteiger partial charge < -0.3 is 14.8 Å². The zero-order valence-electron chi connectivity index (χ0n) is 16.5. The van der Waals surface area contributed by atoms with E-state index in [9.17, 15) is 13.6 Å². The lowest BCUT2D eigenvalue weighted by atomic mass is 10.1. The third-order valence-corrected chi connectivity index (χ3v) is 4.71. The van der Waals surface area contributed by atoms with Gasteiger partial charge in [-0.2, -0.15) is 14.0 Å². The normalized spacial score (nSPS) is 11.1. The van der Waals surface area contributed by atoms with Crippen LogP contribution in [0.2, 0.25) is 0 Å². The molecular formula is C21H18F2N4O3S. The molecule has 1 aromatic carbocycles. The Labute approximate surface area is 180 Å². The number of carbonyl (C=O) groups is 1. The molecule has 0 saturated heterocycles. The molecule has 0 aliphatic heterocycles. The number of hydrogen-bond acceptors (Lipinski definition) is 6. The van der Waals surface area contributed by atoms with E-state index in [1.165, 1.54) is 17.4 Å². The molecule has 3 aromatic rings. The molecule has 0 saturated carbocycles. The van der Waals surface area contributed by atoms with Crippen LogP contribution in [0.1, 0.15) is 35.1 Å². The highest BCUT2D eigenvalue weighted by atomic mass is 32.1.